The van der Waals surface area contributed by atoms with Crippen molar-refractivity contribution in [1.29, 1.82) is 0 Å². The van der Waals surface area contributed by atoms with Crippen molar-refractivity contribution in [2.75, 3.05) is 26.2 Å². The monoisotopic (exact) mass is 417 g/mol. The Labute approximate surface area is 167 Å². The van der Waals surface area contributed by atoms with Gasteiger partial charge in [0.1, 0.15) is 0 Å². The highest BCUT2D eigenvalue weighted by Gasteiger charge is 2.36. The average Bonchev–Trinajstić information content (AvgIpc) is 2.61. The maximum Gasteiger partial charge on any atom is 0.243 e. The number of ketones is 1. The number of carbonyl (C=O) groups excluding carboxylic acids is 2. The normalized spacial score (nSPS) is 17.7. The Balaban J connectivity index is 0.00000364. The minimum absolute atomic E-state index is 0. The molecule has 1 amide bonds. The van der Waals surface area contributed by atoms with E-state index < -0.39 is 15.6 Å². The molecule has 1 aromatic carbocycles. The maximum absolute atomic E-state index is 12.8. The number of benzene rings is 1. The van der Waals surface area contributed by atoms with E-state index in [2.05, 4.69) is 0 Å². The molecule has 1 aromatic rings. The van der Waals surface area contributed by atoms with Crippen LogP contribution in [0.4, 0.5) is 0 Å². The fourth-order valence-electron chi connectivity index (χ4n) is 3.13. The van der Waals surface area contributed by atoms with E-state index in [-0.39, 0.29) is 42.1 Å². The molecule has 1 atom stereocenters. The third-order valence-corrected chi connectivity index (χ3v) is 6.60. The predicted molar refractivity (Wildman–Crippen MR) is 107 cm³/mol. The van der Waals surface area contributed by atoms with Crippen LogP contribution in [0.2, 0.25) is 0 Å². The molecule has 0 radical (unpaired) electrons. The smallest absolute Gasteiger partial charge is 0.243 e. The molecule has 1 aliphatic heterocycles. The molecule has 0 bridgehead atoms. The van der Waals surface area contributed by atoms with Crippen molar-refractivity contribution in [3.63, 3.8) is 0 Å². The molecule has 1 unspecified atom stereocenters. The lowest BCUT2D eigenvalue weighted by molar-refractivity contribution is -0.137. The number of hydrogen-bond acceptors (Lipinski definition) is 5. The summed E-state index contributed by atoms with van der Waals surface area (Å²) in [5.41, 5.74) is 5.65. The number of sulfonamides is 1. The van der Waals surface area contributed by atoms with E-state index in [4.69, 9.17) is 5.73 Å². The maximum atomic E-state index is 12.8. The van der Waals surface area contributed by atoms with Gasteiger partial charge in [-0.1, -0.05) is 25.5 Å². The van der Waals surface area contributed by atoms with Gasteiger partial charge < -0.3 is 10.6 Å². The molecule has 1 aliphatic rings. The highest BCUT2D eigenvalue weighted by molar-refractivity contribution is 7.89. The molecule has 0 saturated carbocycles. The van der Waals surface area contributed by atoms with Gasteiger partial charge in [0.25, 0.3) is 0 Å². The molecular weight excluding hydrogens is 390 g/mol. The van der Waals surface area contributed by atoms with Gasteiger partial charge in [0, 0.05) is 31.7 Å². The van der Waals surface area contributed by atoms with Gasteiger partial charge in [0.05, 0.1) is 10.4 Å². The molecule has 1 saturated heterocycles. The second-order valence-electron chi connectivity index (χ2n) is 6.94. The molecule has 7 nitrogen and oxygen atoms in total. The lowest BCUT2D eigenvalue weighted by Gasteiger charge is -2.37. The summed E-state index contributed by atoms with van der Waals surface area (Å²) in [6, 6.07) is 5.92. The number of rotatable bonds is 6. The standard InChI is InChI=1S/C18H27N3O4S.ClH/c1-4-9-18(3,19)17(23)20-10-12-21(13-11-20)26(24,25)16-7-5-15(6-8-16)14(2)22;/h5-8H,4,9-13,19H2,1-3H3;1H. The topological polar surface area (TPSA) is 101 Å². The van der Waals surface area contributed by atoms with E-state index in [1.54, 1.807) is 11.8 Å². The summed E-state index contributed by atoms with van der Waals surface area (Å²) in [6.07, 6.45) is 1.40. The van der Waals surface area contributed by atoms with Gasteiger partial charge in [-0.25, -0.2) is 8.42 Å². The van der Waals surface area contributed by atoms with Crippen LogP contribution in [0.5, 0.6) is 0 Å². The third kappa shape index (κ3) is 5.28. The van der Waals surface area contributed by atoms with E-state index >= 15 is 0 Å². The molecule has 2 N–H and O–H groups in total. The first-order valence-corrected chi connectivity index (χ1v) is 10.2. The van der Waals surface area contributed by atoms with E-state index in [1.807, 2.05) is 6.92 Å². The lowest BCUT2D eigenvalue weighted by atomic mass is 9.95. The largest absolute Gasteiger partial charge is 0.338 e. The van der Waals surface area contributed by atoms with E-state index in [0.717, 1.165) is 6.42 Å². The third-order valence-electron chi connectivity index (χ3n) is 4.68. The van der Waals surface area contributed by atoms with Gasteiger partial charge in [0.15, 0.2) is 5.78 Å². The van der Waals surface area contributed by atoms with Crippen LogP contribution in [0.15, 0.2) is 29.2 Å². The van der Waals surface area contributed by atoms with Crippen LogP contribution < -0.4 is 5.73 Å². The van der Waals surface area contributed by atoms with Crippen molar-refractivity contribution in [2.45, 2.75) is 44.0 Å². The van der Waals surface area contributed by atoms with Gasteiger partial charge in [-0.05, 0) is 32.4 Å². The van der Waals surface area contributed by atoms with Crippen LogP contribution in [-0.4, -0.2) is 61.0 Å². The Bertz CT molecular complexity index is 770. The van der Waals surface area contributed by atoms with Gasteiger partial charge in [-0.2, -0.15) is 4.31 Å². The van der Waals surface area contributed by atoms with Gasteiger partial charge >= 0.3 is 0 Å². The Morgan fingerprint density at radius 3 is 2.07 bits per heavy atom. The Hall–Kier alpha value is -1.48. The first-order valence-electron chi connectivity index (χ1n) is 8.79. The number of amides is 1. The molecule has 0 aromatic heterocycles. The van der Waals surface area contributed by atoms with E-state index in [0.29, 0.717) is 25.1 Å². The molecule has 0 aliphatic carbocycles. The molecule has 1 heterocycles. The van der Waals surface area contributed by atoms with Crippen LogP contribution in [0.25, 0.3) is 0 Å². The van der Waals surface area contributed by atoms with E-state index in [1.165, 1.54) is 35.5 Å². The van der Waals surface area contributed by atoms with Crippen molar-refractivity contribution >= 4 is 34.1 Å². The number of hydrogen-bond donors (Lipinski definition) is 1. The summed E-state index contributed by atoms with van der Waals surface area (Å²) in [6.45, 7) is 6.22. The summed E-state index contributed by atoms with van der Waals surface area (Å²) >= 11 is 0. The highest BCUT2D eigenvalue weighted by atomic mass is 35.5. The molecular formula is C18H28ClN3O4S. The zero-order valence-corrected chi connectivity index (χ0v) is 17.6. The van der Waals surface area contributed by atoms with Crippen molar-refractivity contribution in [3.8, 4) is 0 Å². The number of nitrogens with two attached hydrogens (primary N) is 1. The van der Waals surface area contributed by atoms with Gasteiger partial charge in [0.2, 0.25) is 15.9 Å². The number of halogens is 1. The quantitative estimate of drug-likeness (QED) is 0.709. The molecule has 0 spiro atoms. The summed E-state index contributed by atoms with van der Waals surface area (Å²) < 4.78 is 26.9. The number of piperazine rings is 1. The second-order valence-corrected chi connectivity index (χ2v) is 8.88. The first-order chi connectivity index (χ1) is 12.1. The molecule has 27 heavy (non-hydrogen) atoms. The Morgan fingerprint density at radius 2 is 1.63 bits per heavy atom. The van der Waals surface area contributed by atoms with Crippen LogP contribution in [0.1, 0.15) is 44.0 Å². The zero-order valence-electron chi connectivity index (χ0n) is 16.0. The van der Waals surface area contributed by atoms with Crippen LogP contribution in [0.3, 0.4) is 0 Å². The van der Waals surface area contributed by atoms with Crippen LogP contribution in [0, 0.1) is 0 Å². The van der Waals surface area contributed by atoms with Crippen molar-refractivity contribution in [1.82, 2.24) is 9.21 Å². The Kier molecular flexibility index (Phi) is 7.98. The van der Waals surface area contributed by atoms with Gasteiger partial charge in [-0.15, -0.1) is 12.4 Å². The lowest BCUT2D eigenvalue weighted by Crippen LogP contribution is -2.58. The van der Waals surface area contributed by atoms with Crippen LogP contribution >= 0.6 is 12.4 Å². The molecule has 2 rings (SSSR count). The SMILES string of the molecule is CCCC(C)(N)C(=O)N1CCN(S(=O)(=O)c2ccc(C(C)=O)cc2)CC1.Cl. The first kappa shape index (κ1) is 23.6. The van der Waals surface area contributed by atoms with Crippen LogP contribution in [-0.2, 0) is 14.8 Å². The van der Waals surface area contributed by atoms with E-state index in [9.17, 15) is 18.0 Å². The number of nitrogens with zero attached hydrogens (tertiary/aromatic N) is 2. The zero-order chi connectivity index (χ0) is 19.5. The molecule has 9 heteroatoms. The van der Waals surface area contributed by atoms with Crippen molar-refractivity contribution < 1.29 is 18.0 Å². The molecule has 1 fully saturated rings. The predicted octanol–water partition coefficient (Wildman–Crippen LogP) is 1.66. The summed E-state index contributed by atoms with van der Waals surface area (Å²) in [7, 11) is -3.65. The fraction of sp³-hybridized carbons (Fsp3) is 0.556. The second kappa shape index (κ2) is 9.14. The average molecular weight is 418 g/mol. The highest BCUT2D eigenvalue weighted by Crippen LogP contribution is 2.20. The summed E-state index contributed by atoms with van der Waals surface area (Å²) in [5, 5.41) is 0. The van der Waals surface area contributed by atoms with Gasteiger partial charge in [-0.3, -0.25) is 9.59 Å². The summed E-state index contributed by atoms with van der Waals surface area (Å²) in [5.74, 6) is -0.250. The van der Waals surface area contributed by atoms with Crippen molar-refractivity contribution in [3.05, 3.63) is 29.8 Å². The number of carbonyl (C=O) groups is 2. The minimum Gasteiger partial charge on any atom is -0.338 e. The minimum atomic E-state index is -3.65. The fourth-order valence-corrected chi connectivity index (χ4v) is 4.55. The van der Waals surface area contributed by atoms with Crippen molar-refractivity contribution in [2.24, 2.45) is 5.73 Å². The Morgan fingerprint density at radius 1 is 1.11 bits per heavy atom. The summed E-state index contributed by atoms with van der Waals surface area (Å²) in [4.78, 5) is 25.7. The number of Topliss-reactive ketones (excluding diaryl/α,β-unsaturated/α-hetero) is 1. The molecule has 152 valence electrons.